The van der Waals surface area contributed by atoms with Crippen molar-refractivity contribution in [2.24, 2.45) is 5.41 Å². The lowest BCUT2D eigenvalue weighted by Crippen LogP contribution is -2.25. The van der Waals surface area contributed by atoms with Gasteiger partial charge < -0.3 is 9.14 Å². The van der Waals surface area contributed by atoms with Crippen molar-refractivity contribution in [3.8, 4) is 16.9 Å². The van der Waals surface area contributed by atoms with E-state index in [0.717, 1.165) is 35.9 Å². The van der Waals surface area contributed by atoms with Gasteiger partial charge in [0.15, 0.2) is 5.75 Å². The van der Waals surface area contributed by atoms with Gasteiger partial charge in [0, 0.05) is 17.5 Å². The summed E-state index contributed by atoms with van der Waals surface area (Å²) in [5.74, 6) is 0.455. The Balaban J connectivity index is 2.25. The molecule has 3 heteroatoms. The van der Waals surface area contributed by atoms with Crippen molar-refractivity contribution in [2.45, 2.75) is 47.0 Å². The zero-order valence-corrected chi connectivity index (χ0v) is 16.1. The largest absolute Gasteiger partial charge is 0.423 e. The van der Waals surface area contributed by atoms with Crippen LogP contribution in [0.4, 0.5) is 0 Å². The lowest BCUT2D eigenvalue weighted by atomic mass is 9.97. The van der Waals surface area contributed by atoms with E-state index in [1.54, 1.807) is 0 Å². The molecule has 0 unspecified atom stereocenters. The fourth-order valence-corrected chi connectivity index (χ4v) is 3.08. The molecule has 3 rings (SSSR count). The van der Waals surface area contributed by atoms with Crippen LogP contribution < -0.4 is 4.74 Å². The second-order valence-corrected chi connectivity index (χ2v) is 7.72. The van der Waals surface area contributed by atoms with Crippen LogP contribution in [0.25, 0.3) is 16.6 Å². The predicted molar refractivity (Wildman–Crippen MR) is 107 cm³/mol. The average molecular weight is 349 g/mol. The molecule has 0 N–H and O–H groups in total. The van der Waals surface area contributed by atoms with Gasteiger partial charge in [-0.3, -0.25) is 4.79 Å². The molecule has 0 aliphatic carbocycles. The lowest BCUT2D eigenvalue weighted by molar-refractivity contribution is -0.142. The first-order valence-electron chi connectivity index (χ1n) is 9.33. The maximum absolute atomic E-state index is 12.7. The van der Waals surface area contributed by atoms with Crippen molar-refractivity contribution >= 4 is 11.5 Å². The molecule has 0 saturated carbocycles. The van der Waals surface area contributed by atoms with Crippen LogP contribution in [0.2, 0.25) is 0 Å². The third kappa shape index (κ3) is 3.52. The van der Waals surface area contributed by atoms with Crippen molar-refractivity contribution in [3.63, 3.8) is 0 Å². The summed E-state index contributed by atoms with van der Waals surface area (Å²) in [4.78, 5) is 12.7. The minimum absolute atomic E-state index is 0.215. The van der Waals surface area contributed by atoms with Gasteiger partial charge in [0.25, 0.3) is 0 Å². The SMILES string of the molecule is CCCCc1c(-c2ccccc2)c(OC(=O)C(C)(C)C)c2ccccn12. The molecule has 0 bridgehead atoms. The molecule has 26 heavy (non-hydrogen) atoms. The third-order valence-electron chi connectivity index (χ3n) is 4.54. The summed E-state index contributed by atoms with van der Waals surface area (Å²) in [7, 11) is 0. The van der Waals surface area contributed by atoms with E-state index >= 15 is 0 Å². The Bertz CT molecular complexity index is 901. The molecule has 0 saturated heterocycles. The first kappa shape index (κ1) is 18.2. The highest BCUT2D eigenvalue weighted by Gasteiger charge is 2.28. The van der Waals surface area contributed by atoms with Crippen LogP contribution >= 0.6 is 0 Å². The van der Waals surface area contributed by atoms with Crippen LogP contribution in [-0.4, -0.2) is 10.4 Å². The summed E-state index contributed by atoms with van der Waals surface area (Å²) in [5.41, 5.74) is 3.70. The van der Waals surface area contributed by atoms with Gasteiger partial charge in [0.05, 0.1) is 10.9 Å². The Morgan fingerprint density at radius 2 is 1.73 bits per heavy atom. The fourth-order valence-electron chi connectivity index (χ4n) is 3.08. The van der Waals surface area contributed by atoms with E-state index in [9.17, 15) is 4.79 Å². The number of benzene rings is 1. The zero-order valence-electron chi connectivity index (χ0n) is 16.1. The summed E-state index contributed by atoms with van der Waals surface area (Å²) in [5, 5.41) is 0. The molecular formula is C23H27NO2. The molecule has 0 spiro atoms. The Labute approximate surface area is 155 Å². The molecule has 2 heterocycles. The number of hydrogen-bond acceptors (Lipinski definition) is 2. The summed E-state index contributed by atoms with van der Waals surface area (Å²) >= 11 is 0. The second-order valence-electron chi connectivity index (χ2n) is 7.72. The average Bonchev–Trinajstić information content (AvgIpc) is 2.93. The van der Waals surface area contributed by atoms with Crippen LogP contribution in [0.3, 0.4) is 0 Å². The quantitative estimate of drug-likeness (QED) is 0.537. The number of carbonyl (C=O) groups is 1. The molecule has 3 aromatic rings. The van der Waals surface area contributed by atoms with Crippen molar-refractivity contribution in [2.75, 3.05) is 0 Å². The Morgan fingerprint density at radius 3 is 2.38 bits per heavy atom. The Hall–Kier alpha value is -2.55. The van der Waals surface area contributed by atoms with Gasteiger partial charge in [-0.2, -0.15) is 0 Å². The zero-order chi connectivity index (χ0) is 18.7. The highest BCUT2D eigenvalue weighted by molar-refractivity contribution is 5.89. The number of hydrogen-bond donors (Lipinski definition) is 0. The van der Waals surface area contributed by atoms with Crippen LogP contribution in [0.1, 0.15) is 46.2 Å². The summed E-state index contributed by atoms with van der Waals surface area (Å²) < 4.78 is 8.15. The number of unbranched alkanes of at least 4 members (excludes halogenated alkanes) is 1. The maximum Gasteiger partial charge on any atom is 0.316 e. The van der Waals surface area contributed by atoms with Gasteiger partial charge in [-0.05, 0) is 51.3 Å². The molecule has 136 valence electrons. The second kappa shape index (κ2) is 7.36. The number of fused-ring (bicyclic) bond motifs is 1. The number of aromatic nitrogens is 1. The van der Waals surface area contributed by atoms with Gasteiger partial charge in [-0.15, -0.1) is 0 Å². The number of rotatable bonds is 5. The minimum atomic E-state index is -0.555. The molecule has 0 radical (unpaired) electrons. The number of pyridine rings is 1. The normalized spacial score (nSPS) is 11.7. The molecule has 0 amide bonds. The van der Waals surface area contributed by atoms with E-state index in [4.69, 9.17) is 4.74 Å². The molecule has 2 aromatic heterocycles. The molecule has 3 nitrogen and oxygen atoms in total. The first-order chi connectivity index (χ1) is 12.4. The summed E-state index contributed by atoms with van der Waals surface area (Å²) in [6.45, 7) is 7.84. The Morgan fingerprint density at radius 1 is 1.04 bits per heavy atom. The minimum Gasteiger partial charge on any atom is -0.423 e. The molecule has 0 aliphatic rings. The topological polar surface area (TPSA) is 30.7 Å². The summed E-state index contributed by atoms with van der Waals surface area (Å²) in [6, 6.07) is 16.2. The van der Waals surface area contributed by atoms with Crippen LogP contribution in [0.5, 0.6) is 5.75 Å². The number of ether oxygens (including phenoxy) is 1. The number of nitrogens with zero attached hydrogens (tertiary/aromatic N) is 1. The fraction of sp³-hybridized carbons (Fsp3) is 0.348. The monoisotopic (exact) mass is 349 g/mol. The van der Waals surface area contributed by atoms with Crippen LogP contribution in [0.15, 0.2) is 54.7 Å². The van der Waals surface area contributed by atoms with Gasteiger partial charge in [-0.25, -0.2) is 0 Å². The van der Waals surface area contributed by atoms with E-state index in [-0.39, 0.29) is 5.97 Å². The van der Waals surface area contributed by atoms with Crippen molar-refractivity contribution < 1.29 is 9.53 Å². The van der Waals surface area contributed by atoms with E-state index in [0.29, 0.717) is 5.75 Å². The van der Waals surface area contributed by atoms with Crippen molar-refractivity contribution in [1.29, 1.82) is 0 Å². The van der Waals surface area contributed by atoms with Gasteiger partial charge in [-0.1, -0.05) is 49.7 Å². The smallest absolute Gasteiger partial charge is 0.316 e. The van der Waals surface area contributed by atoms with Gasteiger partial charge in [0.2, 0.25) is 0 Å². The standard InChI is InChI=1S/C23H27NO2/c1-5-6-14-18-20(17-12-8-7-9-13-17)21(26-22(25)23(2,3)4)19-15-10-11-16-24(18)19/h7-13,15-16H,5-6,14H2,1-4H3. The predicted octanol–water partition coefficient (Wildman–Crippen LogP) is 5.90. The highest BCUT2D eigenvalue weighted by Crippen LogP contribution is 2.41. The first-order valence-corrected chi connectivity index (χ1v) is 9.33. The summed E-state index contributed by atoms with van der Waals surface area (Å²) in [6.07, 6.45) is 5.21. The van der Waals surface area contributed by atoms with Crippen LogP contribution in [0, 0.1) is 5.41 Å². The number of carbonyl (C=O) groups excluding carboxylic acids is 1. The van der Waals surface area contributed by atoms with E-state index < -0.39 is 5.41 Å². The number of esters is 1. The van der Waals surface area contributed by atoms with Gasteiger partial charge in [0.1, 0.15) is 0 Å². The van der Waals surface area contributed by atoms with Crippen LogP contribution in [-0.2, 0) is 11.2 Å². The highest BCUT2D eigenvalue weighted by atomic mass is 16.5. The lowest BCUT2D eigenvalue weighted by Gasteiger charge is -2.17. The molecule has 1 aromatic carbocycles. The van der Waals surface area contributed by atoms with Crippen molar-refractivity contribution in [3.05, 3.63) is 60.4 Å². The maximum atomic E-state index is 12.7. The molecular weight excluding hydrogens is 322 g/mol. The third-order valence-corrected chi connectivity index (χ3v) is 4.54. The van der Waals surface area contributed by atoms with E-state index in [1.165, 1.54) is 5.69 Å². The molecule has 0 atom stereocenters. The molecule has 0 aliphatic heterocycles. The van der Waals surface area contributed by atoms with E-state index in [1.807, 2.05) is 57.2 Å². The van der Waals surface area contributed by atoms with Crippen molar-refractivity contribution in [1.82, 2.24) is 4.40 Å². The van der Waals surface area contributed by atoms with E-state index in [2.05, 4.69) is 29.7 Å². The number of aryl methyl sites for hydroxylation is 1. The Kier molecular flexibility index (Phi) is 5.17. The molecule has 0 fully saturated rings. The van der Waals surface area contributed by atoms with Gasteiger partial charge >= 0.3 is 5.97 Å².